The number of imidazole rings is 1. The zero-order valence-corrected chi connectivity index (χ0v) is 13.3. The Morgan fingerprint density at radius 3 is 3.14 bits per heavy atom. The average Bonchev–Trinajstić information content (AvgIpc) is 2.81. The summed E-state index contributed by atoms with van der Waals surface area (Å²) in [4.78, 5) is 16.5. The van der Waals surface area contributed by atoms with E-state index in [-0.39, 0.29) is 5.91 Å². The maximum Gasteiger partial charge on any atom is 0.220 e. The van der Waals surface area contributed by atoms with E-state index in [1.165, 1.54) is 0 Å². The first-order valence-corrected chi connectivity index (χ1v) is 7.90. The largest absolute Gasteiger partial charge is 0.381 e. The lowest BCUT2D eigenvalue weighted by atomic mass is 9.98. The van der Waals surface area contributed by atoms with E-state index in [4.69, 9.17) is 4.74 Å². The molecule has 0 spiro atoms. The van der Waals surface area contributed by atoms with Crippen LogP contribution >= 0.6 is 0 Å². The Bertz CT molecular complexity index is 672. The Balaban J connectivity index is 1.57. The van der Waals surface area contributed by atoms with Crippen molar-refractivity contribution in [1.29, 1.82) is 0 Å². The van der Waals surface area contributed by atoms with Gasteiger partial charge in [-0.15, -0.1) is 0 Å². The third-order valence-electron chi connectivity index (χ3n) is 4.39. The summed E-state index contributed by atoms with van der Waals surface area (Å²) in [6, 6.07) is 6.16. The van der Waals surface area contributed by atoms with E-state index < -0.39 is 0 Å². The summed E-state index contributed by atoms with van der Waals surface area (Å²) in [6.45, 7) is 4.10. The predicted octanol–water partition coefficient (Wildman–Crippen LogP) is 2.31. The fourth-order valence-corrected chi connectivity index (χ4v) is 2.98. The summed E-state index contributed by atoms with van der Waals surface area (Å²) in [5.74, 6) is 1.47. The maximum absolute atomic E-state index is 12.0. The molecule has 0 aliphatic carbocycles. The van der Waals surface area contributed by atoms with Gasteiger partial charge in [-0.2, -0.15) is 0 Å². The highest BCUT2D eigenvalue weighted by Crippen LogP contribution is 2.18. The number of hydrogen-bond donors (Lipinski definition) is 1. The van der Waals surface area contributed by atoms with Gasteiger partial charge in [0.05, 0.1) is 11.0 Å². The second-order valence-electron chi connectivity index (χ2n) is 6.11. The maximum atomic E-state index is 12.0. The van der Waals surface area contributed by atoms with Gasteiger partial charge in [-0.3, -0.25) is 4.79 Å². The number of aryl methyl sites for hydroxylation is 2. The molecular weight excluding hydrogens is 278 g/mol. The van der Waals surface area contributed by atoms with E-state index >= 15 is 0 Å². The highest BCUT2D eigenvalue weighted by Gasteiger charge is 2.17. The molecule has 0 saturated carbocycles. The molecular formula is C17H23N3O2. The van der Waals surface area contributed by atoms with Crippen LogP contribution in [0.15, 0.2) is 18.2 Å². The zero-order chi connectivity index (χ0) is 15.5. The van der Waals surface area contributed by atoms with E-state index in [1.807, 2.05) is 26.1 Å². The number of carbonyl (C=O) groups is 1. The van der Waals surface area contributed by atoms with E-state index in [2.05, 4.69) is 20.9 Å². The summed E-state index contributed by atoms with van der Waals surface area (Å²) in [7, 11) is 2.01. The van der Waals surface area contributed by atoms with Crippen molar-refractivity contribution >= 4 is 16.9 Å². The van der Waals surface area contributed by atoms with Crippen LogP contribution in [0.1, 0.15) is 30.7 Å². The normalized spacial score (nSPS) is 18.5. The fourth-order valence-electron chi connectivity index (χ4n) is 2.98. The smallest absolute Gasteiger partial charge is 0.220 e. The summed E-state index contributed by atoms with van der Waals surface area (Å²) in [5.41, 5.74) is 3.18. The third-order valence-corrected chi connectivity index (χ3v) is 4.39. The lowest BCUT2D eigenvalue weighted by molar-refractivity contribution is -0.123. The molecule has 2 aromatic rings. The van der Waals surface area contributed by atoms with Gasteiger partial charge in [0.15, 0.2) is 0 Å². The molecule has 0 bridgehead atoms. The number of aromatic nitrogens is 2. The van der Waals surface area contributed by atoms with E-state index in [9.17, 15) is 4.79 Å². The highest BCUT2D eigenvalue weighted by molar-refractivity contribution is 5.78. The van der Waals surface area contributed by atoms with Gasteiger partial charge in [0.1, 0.15) is 5.82 Å². The van der Waals surface area contributed by atoms with Crippen LogP contribution in [0.4, 0.5) is 0 Å². The Morgan fingerprint density at radius 2 is 2.36 bits per heavy atom. The standard InChI is InChI=1S/C17H23N3O2/c1-12-19-15-8-13(5-6-16(15)20(12)2)10-18-17(21)9-14-4-3-7-22-11-14/h5-6,8,14H,3-4,7,9-11H2,1-2H3,(H,18,21). The zero-order valence-electron chi connectivity index (χ0n) is 13.3. The summed E-state index contributed by atoms with van der Waals surface area (Å²) >= 11 is 0. The Labute approximate surface area is 130 Å². The minimum atomic E-state index is 0.104. The van der Waals surface area contributed by atoms with Gasteiger partial charge in [-0.25, -0.2) is 4.98 Å². The van der Waals surface area contributed by atoms with Crippen LogP contribution in [0.25, 0.3) is 11.0 Å². The number of benzene rings is 1. The van der Waals surface area contributed by atoms with Gasteiger partial charge < -0.3 is 14.6 Å². The molecule has 5 heteroatoms. The van der Waals surface area contributed by atoms with Gasteiger partial charge in [0, 0.05) is 33.2 Å². The van der Waals surface area contributed by atoms with Gasteiger partial charge >= 0.3 is 0 Å². The summed E-state index contributed by atoms with van der Waals surface area (Å²) < 4.78 is 7.49. The van der Waals surface area contributed by atoms with Crippen LogP contribution in [-0.2, 0) is 23.1 Å². The number of ether oxygens (including phenoxy) is 1. The average molecular weight is 301 g/mol. The lowest BCUT2D eigenvalue weighted by Gasteiger charge is -2.21. The molecule has 3 rings (SSSR count). The molecule has 5 nitrogen and oxygen atoms in total. The number of hydrogen-bond acceptors (Lipinski definition) is 3. The number of nitrogens with one attached hydrogen (secondary N) is 1. The molecule has 2 heterocycles. The van der Waals surface area contributed by atoms with Crippen LogP contribution in [0, 0.1) is 12.8 Å². The van der Waals surface area contributed by atoms with Crippen LogP contribution in [0.2, 0.25) is 0 Å². The quantitative estimate of drug-likeness (QED) is 0.943. The second kappa shape index (κ2) is 6.48. The summed E-state index contributed by atoms with van der Waals surface area (Å²) in [5, 5.41) is 3.00. The first-order valence-electron chi connectivity index (χ1n) is 7.90. The number of amides is 1. The van der Waals surface area contributed by atoms with Crippen molar-refractivity contribution in [3.63, 3.8) is 0 Å². The molecule has 1 unspecified atom stereocenters. The first kappa shape index (κ1) is 15.0. The minimum absolute atomic E-state index is 0.104. The van der Waals surface area contributed by atoms with Crippen molar-refractivity contribution in [3.05, 3.63) is 29.6 Å². The van der Waals surface area contributed by atoms with Gasteiger partial charge in [-0.1, -0.05) is 6.07 Å². The molecule has 1 amide bonds. The molecule has 0 radical (unpaired) electrons. The van der Waals surface area contributed by atoms with Crippen LogP contribution in [0.3, 0.4) is 0 Å². The molecule has 118 valence electrons. The monoisotopic (exact) mass is 301 g/mol. The van der Waals surface area contributed by atoms with Gasteiger partial charge in [0.25, 0.3) is 0 Å². The molecule has 1 N–H and O–H groups in total. The van der Waals surface area contributed by atoms with Crippen LogP contribution in [-0.4, -0.2) is 28.7 Å². The second-order valence-corrected chi connectivity index (χ2v) is 6.11. The molecule has 1 saturated heterocycles. The van der Waals surface area contributed by atoms with Crippen molar-refractivity contribution in [2.45, 2.75) is 32.7 Å². The fraction of sp³-hybridized carbons (Fsp3) is 0.529. The lowest BCUT2D eigenvalue weighted by Crippen LogP contribution is -2.28. The number of rotatable bonds is 4. The summed E-state index contributed by atoms with van der Waals surface area (Å²) in [6.07, 6.45) is 2.71. The highest BCUT2D eigenvalue weighted by atomic mass is 16.5. The molecule has 1 aromatic heterocycles. The van der Waals surface area contributed by atoms with Gasteiger partial charge in [-0.05, 0) is 43.4 Å². The molecule has 1 aliphatic rings. The molecule has 1 aliphatic heterocycles. The van der Waals surface area contributed by atoms with Crippen molar-refractivity contribution in [3.8, 4) is 0 Å². The number of nitrogens with zero attached hydrogens (tertiary/aromatic N) is 2. The first-order chi connectivity index (χ1) is 10.6. The van der Waals surface area contributed by atoms with E-state index in [1.54, 1.807) is 0 Å². The van der Waals surface area contributed by atoms with Crippen LogP contribution < -0.4 is 5.32 Å². The van der Waals surface area contributed by atoms with E-state index in [0.717, 1.165) is 41.9 Å². The Kier molecular flexibility index (Phi) is 4.43. The number of fused-ring (bicyclic) bond motifs is 1. The molecule has 1 aromatic carbocycles. The predicted molar refractivity (Wildman–Crippen MR) is 85.5 cm³/mol. The Morgan fingerprint density at radius 1 is 1.50 bits per heavy atom. The van der Waals surface area contributed by atoms with Crippen molar-refractivity contribution in [1.82, 2.24) is 14.9 Å². The molecule has 1 atom stereocenters. The van der Waals surface area contributed by atoms with Crippen molar-refractivity contribution in [2.75, 3.05) is 13.2 Å². The van der Waals surface area contributed by atoms with Gasteiger partial charge in [0.2, 0.25) is 5.91 Å². The Hall–Kier alpha value is -1.88. The molecule has 22 heavy (non-hydrogen) atoms. The number of carbonyl (C=O) groups excluding carboxylic acids is 1. The SMILES string of the molecule is Cc1nc2cc(CNC(=O)CC3CCCOC3)ccc2n1C. The van der Waals surface area contributed by atoms with Crippen LogP contribution in [0.5, 0.6) is 0 Å². The molecule has 1 fully saturated rings. The minimum Gasteiger partial charge on any atom is -0.381 e. The van der Waals surface area contributed by atoms with E-state index in [0.29, 0.717) is 25.5 Å². The van der Waals surface area contributed by atoms with Crippen molar-refractivity contribution in [2.24, 2.45) is 13.0 Å². The topological polar surface area (TPSA) is 56.1 Å². The van der Waals surface area contributed by atoms with Crippen molar-refractivity contribution < 1.29 is 9.53 Å². The third kappa shape index (κ3) is 3.30.